The average molecular weight is 264 g/mol. The van der Waals surface area contributed by atoms with Gasteiger partial charge in [0.2, 0.25) is 0 Å². The van der Waals surface area contributed by atoms with E-state index in [-0.39, 0.29) is 0 Å². The van der Waals surface area contributed by atoms with Gasteiger partial charge in [0.1, 0.15) is 0 Å². The molecular weight excluding hydrogens is 253 g/mol. The molecule has 0 amide bonds. The van der Waals surface area contributed by atoms with Gasteiger partial charge in [0.15, 0.2) is 0 Å². The minimum absolute atomic E-state index is 0.639. The first-order valence-electron chi connectivity index (χ1n) is 3.53. The van der Waals surface area contributed by atoms with Crippen LogP contribution in [0.3, 0.4) is 0 Å². The summed E-state index contributed by atoms with van der Waals surface area (Å²) in [6, 6.07) is 11.1. The molecule has 0 heterocycles. The number of halogens is 1. The van der Waals surface area contributed by atoms with Crippen LogP contribution in [0.5, 0.6) is 0 Å². The summed E-state index contributed by atoms with van der Waals surface area (Å²) in [5.74, 6) is 0.639. The van der Waals surface area contributed by atoms with Gasteiger partial charge in [-0.15, -0.1) is 0 Å². The summed E-state index contributed by atoms with van der Waals surface area (Å²) in [6.45, 7) is 4.38. The van der Waals surface area contributed by atoms with Gasteiger partial charge in [-0.05, 0) is 5.92 Å². The van der Waals surface area contributed by atoms with Crippen LogP contribution >= 0.6 is 13.6 Å². The van der Waals surface area contributed by atoms with Crippen LogP contribution in [-0.2, 0) is 16.3 Å². The van der Waals surface area contributed by atoms with E-state index >= 15 is 0 Å². The van der Waals surface area contributed by atoms with Crippen molar-refractivity contribution in [2.45, 2.75) is 19.8 Å². The summed E-state index contributed by atoms with van der Waals surface area (Å²) < 4.78 is 0. The van der Waals surface area contributed by atoms with Gasteiger partial charge >= 0.3 is 30.0 Å². The third-order valence-electron chi connectivity index (χ3n) is 1.41. The van der Waals surface area contributed by atoms with Crippen LogP contribution in [0.1, 0.15) is 25.3 Å². The van der Waals surface area contributed by atoms with Crippen molar-refractivity contribution < 1.29 is 16.3 Å². The molecule has 0 bridgehead atoms. The second kappa shape index (κ2) is 7.00. The van der Waals surface area contributed by atoms with Gasteiger partial charge in [0.25, 0.3) is 0 Å². The van der Waals surface area contributed by atoms with Crippen molar-refractivity contribution in [3.8, 4) is 0 Å². The van der Waals surface area contributed by atoms with E-state index in [9.17, 15) is 0 Å². The van der Waals surface area contributed by atoms with E-state index in [1.54, 1.807) is 0 Å². The molecule has 0 radical (unpaired) electrons. The molecule has 0 atom stereocenters. The molecule has 56 valence electrons. The summed E-state index contributed by atoms with van der Waals surface area (Å²) >= 11 is 4.25. The molecule has 0 spiro atoms. The van der Waals surface area contributed by atoms with Gasteiger partial charge in [0, 0.05) is 0 Å². The molecule has 0 unspecified atom stereocenters. The molecule has 0 aliphatic rings. The van der Waals surface area contributed by atoms with Crippen LogP contribution in [0.4, 0.5) is 0 Å². The van der Waals surface area contributed by atoms with Gasteiger partial charge in [-0.3, -0.25) is 0 Å². The van der Waals surface area contributed by atoms with Crippen molar-refractivity contribution in [1.29, 1.82) is 0 Å². The quantitative estimate of drug-likeness (QED) is 0.538. The Morgan fingerprint density at radius 1 is 1.27 bits per heavy atom. The van der Waals surface area contributed by atoms with Crippen LogP contribution < -0.4 is 0 Å². The average Bonchev–Trinajstić information content (AvgIpc) is 2.10. The molecule has 0 saturated heterocycles. The zero-order valence-electron chi connectivity index (χ0n) is 6.97. The normalized spacial score (nSPS) is 8.91. The van der Waals surface area contributed by atoms with E-state index in [4.69, 9.17) is 0 Å². The zero-order chi connectivity index (χ0) is 8.69. The molecule has 0 saturated carbocycles. The molecule has 0 aromatic heterocycles. The first kappa shape index (κ1) is 11.3. The van der Waals surface area contributed by atoms with Crippen LogP contribution in [0, 0.1) is 6.07 Å². The van der Waals surface area contributed by atoms with Gasteiger partial charge in [-0.2, -0.15) is 35.9 Å². The van der Waals surface area contributed by atoms with Crippen molar-refractivity contribution in [2.24, 2.45) is 0 Å². The number of hydrogen-bond donors (Lipinski definition) is 0. The van der Waals surface area contributed by atoms with E-state index in [2.05, 4.69) is 45.7 Å². The summed E-state index contributed by atoms with van der Waals surface area (Å²) in [7, 11) is 0. The minimum atomic E-state index is 0.639. The predicted molar refractivity (Wildman–Crippen MR) is 48.3 cm³/mol. The Kier molecular flexibility index (Phi) is 7.20. The molecule has 1 aromatic carbocycles. The Balaban J connectivity index is 0.000000461. The second-order valence-corrected chi connectivity index (χ2v) is 2.49. The molecule has 0 aliphatic carbocycles. The van der Waals surface area contributed by atoms with E-state index in [1.165, 1.54) is 21.9 Å². The van der Waals surface area contributed by atoms with Crippen LogP contribution in [0.2, 0.25) is 0 Å². The summed E-state index contributed by atoms with van der Waals surface area (Å²) in [4.78, 5) is 0. The van der Waals surface area contributed by atoms with Crippen LogP contribution in [-0.4, -0.2) is 0 Å². The van der Waals surface area contributed by atoms with Gasteiger partial charge < -0.3 is 0 Å². The zero-order valence-corrected chi connectivity index (χ0v) is 11.5. The SMILES string of the molecule is CC(C)c1cc[c-]cc1.[Zn+][Br]. The number of hydrogen-bond acceptors (Lipinski definition) is 0. The van der Waals surface area contributed by atoms with Crippen LogP contribution in [0.25, 0.3) is 0 Å². The van der Waals surface area contributed by atoms with Gasteiger partial charge in [-0.1, -0.05) is 13.8 Å². The summed E-state index contributed by atoms with van der Waals surface area (Å²) in [6.07, 6.45) is 0. The fraction of sp³-hybridized carbons (Fsp3) is 0.333. The molecule has 2 heteroatoms. The molecule has 0 fully saturated rings. The molecular formula is C9H11BrZn. The maximum atomic E-state index is 3.06. The molecule has 1 rings (SSSR count). The second-order valence-electron chi connectivity index (χ2n) is 2.49. The predicted octanol–water partition coefficient (Wildman–Crippen LogP) is 3.45. The van der Waals surface area contributed by atoms with Gasteiger partial charge in [-0.25, -0.2) is 0 Å². The van der Waals surface area contributed by atoms with E-state index < -0.39 is 0 Å². The fourth-order valence-electron chi connectivity index (χ4n) is 0.785. The molecule has 1 aromatic rings. The number of benzene rings is 1. The van der Waals surface area contributed by atoms with E-state index in [0.29, 0.717) is 5.92 Å². The molecule has 0 aliphatic heterocycles. The van der Waals surface area contributed by atoms with E-state index in [0.717, 1.165) is 0 Å². The monoisotopic (exact) mass is 262 g/mol. The Bertz CT molecular complexity index is 172. The third kappa shape index (κ3) is 4.71. The maximum absolute atomic E-state index is 3.06. The topological polar surface area (TPSA) is 0 Å². The number of rotatable bonds is 1. The van der Waals surface area contributed by atoms with E-state index in [1.807, 2.05) is 12.1 Å². The van der Waals surface area contributed by atoms with Crippen molar-refractivity contribution in [3.05, 3.63) is 35.9 Å². The Hall–Kier alpha value is 0.323. The van der Waals surface area contributed by atoms with Gasteiger partial charge in [0.05, 0.1) is 0 Å². The molecule has 11 heavy (non-hydrogen) atoms. The first-order chi connectivity index (χ1) is 5.30. The first-order valence-corrected chi connectivity index (χ1v) is 10.5. The fourth-order valence-corrected chi connectivity index (χ4v) is 0.785. The Morgan fingerprint density at radius 2 is 1.73 bits per heavy atom. The van der Waals surface area contributed by atoms with Crippen molar-refractivity contribution in [2.75, 3.05) is 0 Å². The van der Waals surface area contributed by atoms with Crippen molar-refractivity contribution in [1.82, 2.24) is 0 Å². The summed E-state index contributed by atoms with van der Waals surface area (Å²) in [5, 5.41) is 0. The molecule has 0 nitrogen and oxygen atoms in total. The van der Waals surface area contributed by atoms with Crippen molar-refractivity contribution in [3.63, 3.8) is 0 Å². The Labute approximate surface area is 85.4 Å². The molecule has 0 N–H and O–H groups in total. The van der Waals surface area contributed by atoms with Crippen LogP contribution in [0.15, 0.2) is 24.3 Å². The van der Waals surface area contributed by atoms with Crippen molar-refractivity contribution >= 4 is 13.6 Å². The standard InChI is InChI=1S/C9H11.BrH.Zn/c1-8(2)9-6-4-3-5-7-9;;/h4-8H,1-2H3;1H;/q-1;;+2/p-1. The Morgan fingerprint density at radius 3 is 2.00 bits per heavy atom. The summed E-state index contributed by atoms with van der Waals surface area (Å²) in [5.41, 5.74) is 1.38. The third-order valence-corrected chi connectivity index (χ3v) is 1.41.